The molecule has 0 radical (unpaired) electrons. The zero-order valence-corrected chi connectivity index (χ0v) is 11.2. The van der Waals surface area contributed by atoms with Crippen molar-refractivity contribution in [3.8, 4) is 0 Å². The van der Waals surface area contributed by atoms with E-state index in [1.54, 1.807) is 0 Å². The molecule has 2 aliphatic rings. The van der Waals surface area contributed by atoms with Crippen LogP contribution in [0.15, 0.2) is 18.2 Å². The Morgan fingerprint density at radius 1 is 1.42 bits per heavy atom. The third-order valence-corrected chi connectivity index (χ3v) is 4.31. The van der Waals surface area contributed by atoms with E-state index in [0.29, 0.717) is 13.1 Å². The lowest BCUT2D eigenvalue weighted by Crippen LogP contribution is -2.60. The standard InChI is InChI=1S/C15H20N2O2/c1-2-3-4-13(18)10-5-6-11-12(7-10)17-14(19)15(11)8-16-9-15/h5-7,13,16,18H,2-4,8-9H2,1H3,(H,17,19). The molecule has 2 heterocycles. The van der Waals surface area contributed by atoms with Crippen LogP contribution in [-0.2, 0) is 10.2 Å². The van der Waals surface area contributed by atoms with E-state index in [1.165, 1.54) is 0 Å². The van der Waals surface area contributed by atoms with E-state index in [-0.39, 0.29) is 11.3 Å². The smallest absolute Gasteiger partial charge is 0.237 e. The van der Waals surface area contributed by atoms with Gasteiger partial charge < -0.3 is 15.7 Å². The molecule has 1 unspecified atom stereocenters. The highest BCUT2D eigenvalue weighted by atomic mass is 16.3. The normalized spacial score (nSPS) is 20.8. The second-order valence-corrected chi connectivity index (χ2v) is 5.60. The van der Waals surface area contributed by atoms with E-state index in [4.69, 9.17) is 0 Å². The molecule has 1 aromatic rings. The number of hydrogen-bond donors (Lipinski definition) is 3. The summed E-state index contributed by atoms with van der Waals surface area (Å²) in [6, 6.07) is 5.89. The van der Waals surface area contributed by atoms with Gasteiger partial charge in [0.15, 0.2) is 0 Å². The van der Waals surface area contributed by atoms with E-state index in [9.17, 15) is 9.90 Å². The minimum Gasteiger partial charge on any atom is -0.388 e. The summed E-state index contributed by atoms with van der Waals surface area (Å²) < 4.78 is 0. The number of fused-ring (bicyclic) bond motifs is 2. The average Bonchev–Trinajstić information content (AvgIpc) is 2.66. The van der Waals surface area contributed by atoms with Crippen LogP contribution in [0.3, 0.4) is 0 Å². The Balaban J connectivity index is 1.86. The molecule has 2 aliphatic heterocycles. The lowest BCUT2D eigenvalue weighted by atomic mass is 9.76. The fraction of sp³-hybridized carbons (Fsp3) is 0.533. The third kappa shape index (κ3) is 1.86. The maximum atomic E-state index is 12.1. The first-order valence-electron chi connectivity index (χ1n) is 7.02. The monoisotopic (exact) mass is 260 g/mol. The van der Waals surface area contributed by atoms with E-state index in [1.807, 2.05) is 18.2 Å². The van der Waals surface area contributed by atoms with Crippen molar-refractivity contribution < 1.29 is 9.90 Å². The summed E-state index contributed by atoms with van der Waals surface area (Å²) in [5.74, 6) is 0.0847. The first kappa shape index (κ1) is 12.6. The molecule has 0 aromatic heterocycles. The van der Waals surface area contributed by atoms with Crippen LogP contribution >= 0.6 is 0 Å². The summed E-state index contributed by atoms with van der Waals surface area (Å²) in [4.78, 5) is 12.1. The molecule has 1 atom stereocenters. The molecule has 3 rings (SSSR count). The highest BCUT2D eigenvalue weighted by molar-refractivity contribution is 6.07. The van der Waals surface area contributed by atoms with Gasteiger partial charge in [0.1, 0.15) is 5.41 Å². The quantitative estimate of drug-likeness (QED) is 0.772. The molecule has 1 amide bonds. The minimum atomic E-state index is -0.432. The van der Waals surface area contributed by atoms with Crippen molar-refractivity contribution in [2.24, 2.45) is 0 Å². The van der Waals surface area contributed by atoms with Crippen LogP contribution in [0.5, 0.6) is 0 Å². The van der Waals surface area contributed by atoms with Gasteiger partial charge in [0.2, 0.25) is 5.91 Å². The largest absolute Gasteiger partial charge is 0.388 e. The molecule has 0 aliphatic carbocycles. The second-order valence-electron chi connectivity index (χ2n) is 5.60. The van der Waals surface area contributed by atoms with Crippen LogP contribution in [0.2, 0.25) is 0 Å². The Bertz CT molecular complexity index is 509. The predicted molar refractivity (Wildman–Crippen MR) is 74.1 cm³/mol. The van der Waals surface area contributed by atoms with Gasteiger partial charge in [0.25, 0.3) is 0 Å². The molecule has 0 bridgehead atoms. The number of unbranched alkanes of at least 4 members (excludes halogenated alkanes) is 1. The van der Waals surface area contributed by atoms with E-state index < -0.39 is 6.10 Å². The molecule has 1 fully saturated rings. The lowest BCUT2D eigenvalue weighted by Gasteiger charge is -2.37. The van der Waals surface area contributed by atoms with Crippen molar-refractivity contribution in [1.29, 1.82) is 0 Å². The Labute approximate surface area is 113 Å². The van der Waals surface area contributed by atoms with Gasteiger partial charge in [-0.3, -0.25) is 4.79 Å². The van der Waals surface area contributed by atoms with E-state index in [0.717, 1.165) is 36.1 Å². The molecule has 4 nitrogen and oxygen atoms in total. The predicted octanol–water partition coefficient (Wildman–Crippen LogP) is 1.70. The molecule has 1 aromatic carbocycles. The maximum absolute atomic E-state index is 12.1. The zero-order valence-electron chi connectivity index (χ0n) is 11.2. The van der Waals surface area contributed by atoms with Gasteiger partial charge in [0, 0.05) is 18.8 Å². The van der Waals surface area contributed by atoms with Gasteiger partial charge in [-0.25, -0.2) is 0 Å². The number of benzene rings is 1. The third-order valence-electron chi connectivity index (χ3n) is 4.31. The van der Waals surface area contributed by atoms with Crippen LogP contribution in [-0.4, -0.2) is 24.1 Å². The SMILES string of the molecule is CCCCC(O)c1ccc2c(c1)NC(=O)C21CNC1. The van der Waals surface area contributed by atoms with Crippen LogP contribution in [0, 0.1) is 0 Å². The van der Waals surface area contributed by atoms with Crippen molar-refractivity contribution in [3.63, 3.8) is 0 Å². The van der Waals surface area contributed by atoms with Crippen LogP contribution in [0.25, 0.3) is 0 Å². The molecule has 4 heteroatoms. The van der Waals surface area contributed by atoms with Gasteiger partial charge in [-0.05, 0) is 23.6 Å². The van der Waals surface area contributed by atoms with Gasteiger partial charge in [-0.1, -0.05) is 31.9 Å². The number of nitrogens with one attached hydrogen (secondary N) is 2. The summed E-state index contributed by atoms with van der Waals surface area (Å²) in [7, 11) is 0. The first-order chi connectivity index (χ1) is 9.17. The number of rotatable bonds is 4. The molecule has 19 heavy (non-hydrogen) atoms. The van der Waals surface area contributed by atoms with Crippen LogP contribution < -0.4 is 10.6 Å². The molecule has 3 N–H and O–H groups in total. The molecule has 1 spiro atoms. The Kier molecular flexibility index (Phi) is 3.07. The Morgan fingerprint density at radius 3 is 2.84 bits per heavy atom. The Hall–Kier alpha value is -1.39. The molecular formula is C15H20N2O2. The van der Waals surface area contributed by atoms with Gasteiger partial charge in [-0.15, -0.1) is 0 Å². The summed E-state index contributed by atoms with van der Waals surface area (Å²) >= 11 is 0. The maximum Gasteiger partial charge on any atom is 0.237 e. The fourth-order valence-electron chi connectivity index (χ4n) is 2.94. The average molecular weight is 260 g/mol. The number of aliphatic hydroxyl groups excluding tert-OH is 1. The van der Waals surface area contributed by atoms with Crippen molar-refractivity contribution in [1.82, 2.24) is 5.32 Å². The number of carbonyl (C=O) groups excluding carboxylic acids is 1. The first-order valence-corrected chi connectivity index (χ1v) is 7.02. The van der Waals surface area contributed by atoms with E-state index in [2.05, 4.69) is 17.6 Å². The van der Waals surface area contributed by atoms with Gasteiger partial charge in [0.05, 0.1) is 6.10 Å². The van der Waals surface area contributed by atoms with Crippen molar-refractivity contribution in [3.05, 3.63) is 29.3 Å². The Morgan fingerprint density at radius 2 is 2.21 bits per heavy atom. The number of hydrogen-bond acceptors (Lipinski definition) is 3. The fourth-order valence-corrected chi connectivity index (χ4v) is 2.94. The topological polar surface area (TPSA) is 61.4 Å². The molecular weight excluding hydrogens is 240 g/mol. The summed E-state index contributed by atoms with van der Waals surface area (Å²) in [6.45, 7) is 3.54. The van der Waals surface area contributed by atoms with E-state index >= 15 is 0 Å². The van der Waals surface area contributed by atoms with Crippen LogP contribution in [0.4, 0.5) is 5.69 Å². The number of carbonyl (C=O) groups is 1. The zero-order chi connectivity index (χ0) is 13.5. The summed E-state index contributed by atoms with van der Waals surface area (Å²) in [5.41, 5.74) is 2.49. The molecule has 102 valence electrons. The van der Waals surface area contributed by atoms with Crippen molar-refractivity contribution in [2.45, 2.75) is 37.7 Å². The van der Waals surface area contributed by atoms with Gasteiger partial charge in [-0.2, -0.15) is 0 Å². The van der Waals surface area contributed by atoms with Crippen molar-refractivity contribution in [2.75, 3.05) is 18.4 Å². The lowest BCUT2D eigenvalue weighted by molar-refractivity contribution is -0.122. The minimum absolute atomic E-state index is 0.0847. The number of anilines is 1. The number of aliphatic hydroxyl groups is 1. The molecule has 0 saturated carbocycles. The van der Waals surface area contributed by atoms with Crippen molar-refractivity contribution >= 4 is 11.6 Å². The summed E-state index contributed by atoms with van der Waals surface area (Å²) in [5, 5.41) is 16.2. The highest BCUT2D eigenvalue weighted by Gasteiger charge is 2.51. The second kappa shape index (κ2) is 4.62. The summed E-state index contributed by atoms with van der Waals surface area (Å²) in [6.07, 6.45) is 2.43. The van der Waals surface area contributed by atoms with Gasteiger partial charge >= 0.3 is 0 Å². The highest BCUT2D eigenvalue weighted by Crippen LogP contribution is 2.41. The van der Waals surface area contributed by atoms with Crippen LogP contribution in [0.1, 0.15) is 43.4 Å². The molecule has 1 saturated heterocycles. The number of amides is 1.